The highest BCUT2D eigenvalue weighted by Crippen LogP contribution is 2.30. The highest BCUT2D eigenvalue weighted by atomic mass is 79.9. The number of aryl methyl sites for hydroxylation is 2. The molecule has 0 atom stereocenters. The maximum Gasteiger partial charge on any atom is 0.281 e. The Morgan fingerprint density at radius 2 is 2.00 bits per heavy atom. The molecule has 4 N–H and O–H groups in total. The van der Waals surface area contributed by atoms with Crippen LogP contribution in [0.1, 0.15) is 11.1 Å². The second-order valence-electron chi connectivity index (χ2n) is 4.54. The van der Waals surface area contributed by atoms with Crippen molar-refractivity contribution < 1.29 is 8.42 Å². The lowest BCUT2D eigenvalue weighted by Crippen LogP contribution is -2.19. The van der Waals surface area contributed by atoms with E-state index < -0.39 is 10.0 Å². The second-order valence-corrected chi connectivity index (χ2v) is 7.00. The zero-order valence-corrected chi connectivity index (χ0v) is 13.9. The number of hydrogen-bond donors (Lipinski definition) is 3. The van der Waals surface area contributed by atoms with Crippen LogP contribution in [0.3, 0.4) is 0 Å². The Kier molecular flexibility index (Phi) is 4.50. The van der Waals surface area contributed by atoms with Gasteiger partial charge in [-0.3, -0.25) is 10.6 Å². The zero-order chi connectivity index (χ0) is 15.6. The van der Waals surface area contributed by atoms with E-state index in [1.807, 2.05) is 26.0 Å². The van der Waals surface area contributed by atoms with Crippen molar-refractivity contribution in [1.82, 2.24) is 4.98 Å². The van der Waals surface area contributed by atoms with Gasteiger partial charge >= 0.3 is 0 Å². The Labute approximate surface area is 131 Å². The summed E-state index contributed by atoms with van der Waals surface area (Å²) in [6, 6.07) is 6.87. The molecule has 0 saturated carbocycles. The molecule has 2 rings (SSSR count). The first-order chi connectivity index (χ1) is 9.85. The molecule has 112 valence electrons. The molecule has 0 spiro atoms. The van der Waals surface area contributed by atoms with Crippen LogP contribution in [0.4, 0.5) is 11.4 Å². The van der Waals surface area contributed by atoms with E-state index in [0.717, 1.165) is 11.1 Å². The van der Waals surface area contributed by atoms with Crippen LogP contribution < -0.4 is 16.0 Å². The summed E-state index contributed by atoms with van der Waals surface area (Å²) in [5.74, 6) is 5.33. The largest absolute Gasteiger partial charge is 0.321 e. The summed E-state index contributed by atoms with van der Waals surface area (Å²) in [5.41, 5.74) is 4.88. The van der Waals surface area contributed by atoms with Crippen molar-refractivity contribution in [2.24, 2.45) is 5.84 Å². The van der Waals surface area contributed by atoms with Crippen LogP contribution in [0.2, 0.25) is 0 Å². The van der Waals surface area contributed by atoms with E-state index in [0.29, 0.717) is 10.2 Å². The molecule has 8 heteroatoms. The van der Waals surface area contributed by atoms with E-state index in [9.17, 15) is 8.42 Å². The van der Waals surface area contributed by atoms with Gasteiger partial charge in [-0.1, -0.05) is 6.07 Å². The lowest BCUT2D eigenvalue weighted by atomic mass is 10.1. The standard InChI is InChI=1S/C13H15BrN4O2S/c1-8-6-9(2)12(10(14)7-8)18-21(19,20)13-11(17-15)4-3-5-16-13/h3-7,17-18H,15H2,1-2H3. The van der Waals surface area contributed by atoms with Crippen molar-refractivity contribution in [1.29, 1.82) is 0 Å². The predicted octanol–water partition coefficient (Wildman–Crippen LogP) is 2.55. The Morgan fingerprint density at radius 1 is 1.29 bits per heavy atom. The number of pyridine rings is 1. The van der Waals surface area contributed by atoms with E-state index >= 15 is 0 Å². The van der Waals surface area contributed by atoms with E-state index in [1.54, 1.807) is 12.1 Å². The summed E-state index contributed by atoms with van der Waals surface area (Å²) in [4.78, 5) is 3.89. The Morgan fingerprint density at radius 3 is 2.62 bits per heavy atom. The summed E-state index contributed by atoms with van der Waals surface area (Å²) >= 11 is 3.37. The highest BCUT2D eigenvalue weighted by Gasteiger charge is 2.22. The van der Waals surface area contributed by atoms with Crippen LogP contribution >= 0.6 is 15.9 Å². The van der Waals surface area contributed by atoms with Gasteiger partial charge in [0.25, 0.3) is 10.0 Å². The first kappa shape index (κ1) is 15.7. The van der Waals surface area contributed by atoms with Gasteiger partial charge in [-0.05, 0) is 59.1 Å². The second kappa shape index (κ2) is 6.00. The summed E-state index contributed by atoms with van der Waals surface area (Å²) in [6.45, 7) is 3.77. The first-order valence-corrected chi connectivity index (χ1v) is 8.34. The van der Waals surface area contributed by atoms with Gasteiger partial charge in [0.1, 0.15) is 0 Å². The van der Waals surface area contributed by atoms with Gasteiger partial charge < -0.3 is 5.43 Å². The fourth-order valence-electron chi connectivity index (χ4n) is 1.94. The molecule has 0 amide bonds. The van der Waals surface area contributed by atoms with E-state index in [4.69, 9.17) is 5.84 Å². The van der Waals surface area contributed by atoms with Crippen LogP contribution in [-0.4, -0.2) is 13.4 Å². The minimum absolute atomic E-state index is 0.153. The average molecular weight is 371 g/mol. The number of anilines is 2. The van der Waals surface area contributed by atoms with E-state index in [2.05, 4.69) is 31.1 Å². The Bertz CT molecular complexity index is 754. The zero-order valence-electron chi connectivity index (χ0n) is 11.5. The smallest absolute Gasteiger partial charge is 0.281 e. The number of nitrogens with one attached hydrogen (secondary N) is 2. The molecule has 0 aliphatic heterocycles. The molecular formula is C13H15BrN4O2S. The molecule has 1 aromatic heterocycles. The summed E-state index contributed by atoms with van der Waals surface area (Å²) in [7, 11) is -3.85. The van der Waals surface area contributed by atoms with Gasteiger partial charge in [0, 0.05) is 10.7 Å². The van der Waals surface area contributed by atoms with Crippen LogP contribution in [0, 0.1) is 13.8 Å². The normalized spacial score (nSPS) is 11.2. The number of halogens is 1. The molecule has 0 radical (unpaired) electrons. The number of aromatic nitrogens is 1. The number of nitrogens with zero attached hydrogens (tertiary/aromatic N) is 1. The topological polar surface area (TPSA) is 97.1 Å². The number of hydrazine groups is 1. The number of nitrogen functional groups attached to an aromatic ring is 1. The van der Waals surface area contributed by atoms with Crippen LogP contribution in [0.25, 0.3) is 0 Å². The van der Waals surface area contributed by atoms with Crippen LogP contribution in [-0.2, 0) is 10.0 Å². The molecule has 0 fully saturated rings. The molecule has 0 aliphatic carbocycles. The highest BCUT2D eigenvalue weighted by molar-refractivity contribution is 9.10. The third-order valence-corrected chi connectivity index (χ3v) is 4.78. The molecule has 0 saturated heterocycles. The fraction of sp³-hybridized carbons (Fsp3) is 0.154. The predicted molar refractivity (Wildman–Crippen MR) is 86.5 cm³/mol. The molecule has 6 nitrogen and oxygen atoms in total. The maximum atomic E-state index is 12.5. The van der Waals surface area contributed by atoms with E-state index in [-0.39, 0.29) is 10.7 Å². The molecule has 0 bridgehead atoms. The number of rotatable bonds is 4. The van der Waals surface area contributed by atoms with Gasteiger partial charge in [0.2, 0.25) is 5.03 Å². The van der Waals surface area contributed by atoms with Crippen molar-refractivity contribution in [2.45, 2.75) is 18.9 Å². The number of hydrogen-bond acceptors (Lipinski definition) is 5. The summed E-state index contributed by atoms with van der Waals surface area (Å²) in [5, 5.41) is -0.153. The van der Waals surface area contributed by atoms with Gasteiger partial charge in [-0.15, -0.1) is 0 Å². The van der Waals surface area contributed by atoms with Gasteiger partial charge in [-0.25, -0.2) is 4.98 Å². The molecule has 2 aromatic rings. The molecule has 1 aromatic carbocycles. The number of sulfonamides is 1. The minimum Gasteiger partial charge on any atom is -0.321 e. The molecule has 1 heterocycles. The van der Waals surface area contributed by atoms with Crippen molar-refractivity contribution in [3.8, 4) is 0 Å². The molecular weight excluding hydrogens is 356 g/mol. The number of benzene rings is 1. The Balaban J connectivity index is 2.48. The Hall–Kier alpha value is -1.64. The van der Waals surface area contributed by atoms with Crippen molar-refractivity contribution in [3.05, 3.63) is 46.1 Å². The van der Waals surface area contributed by atoms with Gasteiger partial charge in [-0.2, -0.15) is 8.42 Å². The van der Waals surface area contributed by atoms with Crippen molar-refractivity contribution in [3.63, 3.8) is 0 Å². The third kappa shape index (κ3) is 3.34. The van der Waals surface area contributed by atoms with Crippen LogP contribution in [0.5, 0.6) is 0 Å². The molecule has 0 aliphatic rings. The monoisotopic (exact) mass is 370 g/mol. The summed E-state index contributed by atoms with van der Waals surface area (Å²) in [6.07, 6.45) is 1.40. The quantitative estimate of drug-likeness (QED) is 0.567. The first-order valence-electron chi connectivity index (χ1n) is 6.06. The lowest BCUT2D eigenvalue weighted by molar-refractivity contribution is 0.598. The average Bonchev–Trinajstić information content (AvgIpc) is 2.43. The van der Waals surface area contributed by atoms with Crippen molar-refractivity contribution >= 4 is 37.3 Å². The lowest BCUT2D eigenvalue weighted by Gasteiger charge is -2.14. The third-order valence-electron chi connectivity index (χ3n) is 2.85. The van der Waals surface area contributed by atoms with Gasteiger partial charge in [0.15, 0.2) is 0 Å². The molecule has 21 heavy (non-hydrogen) atoms. The van der Waals surface area contributed by atoms with Crippen molar-refractivity contribution in [2.75, 3.05) is 10.1 Å². The molecule has 0 unspecified atom stereocenters. The SMILES string of the molecule is Cc1cc(C)c(NS(=O)(=O)c2ncccc2NN)c(Br)c1. The number of nitrogens with two attached hydrogens (primary N) is 1. The van der Waals surface area contributed by atoms with Crippen LogP contribution in [0.15, 0.2) is 40.0 Å². The fourth-order valence-corrected chi connectivity index (χ4v) is 4.10. The summed E-state index contributed by atoms with van der Waals surface area (Å²) < 4.78 is 28.2. The minimum atomic E-state index is -3.85. The van der Waals surface area contributed by atoms with Gasteiger partial charge in [0.05, 0.1) is 11.4 Å². The maximum absolute atomic E-state index is 12.5. The van der Waals surface area contributed by atoms with E-state index in [1.165, 1.54) is 6.20 Å².